The van der Waals surface area contributed by atoms with Crippen LogP contribution >= 0.6 is 27.5 Å². The first-order chi connectivity index (χ1) is 8.15. The zero-order valence-electron chi connectivity index (χ0n) is 9.30. The molecule has 17 heavy (non-hydrogen) atoms. The summed E-state index contributed by atoms with van der Waals surface area (Å²) in [7, 11) is 0. The van der Waals surface area contributed by atoms with Crippen LogP contribution in [0.4, 0.5) is 0 Å². The number of halogens is 2. The van der Waals surface area contributed by atoms with E-state index >= 15 is 0 Å². The van der Waals surface area contributed by atoms with Crippen molar-refractivity contribution in [3.63, 3.8) is 0 Å². The van der Waals surface area contributed by atoms with Crippen LogP contribution < -0.4 is 10.6 Å². The molecule has 92 valence electrons. The predicted octanol–water partition coefficient (Wildman–Crippen LogP) is 2.47. The lowest BCUT2D eigenvalue weighted by Gasteiger charge is -2.12. The maximum absolute atomic E-state index is 11.0. The first-order valence-corrected chi connectivity index (χ1v) is 6.76. The van der Waals surface area contributed by atoms with Gasteiger partial charge in [-0.1, -0.05) is 33.6 Å². The number of carbonyl (C=O) groups is 1. The van der Waals surface area contributed by atoms with Crippen LogP contribution in [-0.4, -0.2) is 18.5 Å². The van der Waals surface area contributed by atoms with E-state index in [1.165, 1.54) is 5.56 Å². The average Bonchev–Trinajstić information content (AvgIpc) is 2.68. The van der Waals surface area contributed by atoms with Gasteiger partial charge in [0.05, 0.1) is 0 Å². The molecule has 1 unspecified atom stereocenters. The van der Waals surface area contributed by atoms with Gasteiger partial charge in [0.25, 0.3) is 0 Å². The molecule has 1 saturated heterocycles. The Morgan fingerprint density at radius 1 is 1.53 bits per heavy atom. The summed E-state index contributed by atoms with van der Waals surface area (Å²) in [6, 6.07) is 6.03. The monoisotopic (exact) mass is 316 g/mol. The summed E-state index contributed by atoms with van der Waals surface area (Å²) in [4.78, 5) is 11.0. The highest BCUT2D eigenvalue weighted by Gasteiger charge is 2.19. The van der Waals surface area contributed by atoms with Crippen molar-refractivity contribution in [2.24, 2.45) is 0 Å². The molecule has 1 fully saturated rings. The fraction of sp³-hybridized carbons (Fsp3) is 0.417. The highest BCUT2D eigenvalue weighted by molar-refractivity contribution is 9.10. The van der Waals surface area contributed by atoms with Crippen LogP contribution in [0.25, 0.3) is 0 Å². The summed E-state index contributed by atoms with van der Waals surface area (Å²) < 4.78 is 1.01. The van der Waals surface area contributed by atoms with E-state index < -0.39 is 0 Å². The Morgan fingerprint density at radius 3 is 3.00 bits per heavy atom. The molecule has 1 aliphatic heterocycles. The number of benzene rings is 1. The van der Waals surface area contributed by atoms with Crippen LogP contribution in [0.15, 0.2) is 22.7 Å². The molecule has 2 rings (SSSR count). The molecule has 1 aromatic carbocycles. The van der Waals surface area contributed by atoms with Gasteiger partial charge in [-0.3, -0.25) is 4.79 Å². The zero-order valence-corrected chi connectivity index (χ0v) is 11.6. The van der Waals surface area contributed by atoms with E-state index in [1.807, 2.05) is 18.2 Å². The van der Waals surface area contributed by atoms with Crippen molar-refractivity contribution in [1.29, 1.82) is 0 Å². The maximum atomic E-state index is 11.0. The third-order valence-corrected chi connectivity index (χ3v) is 3.78. The third kappa shape index (κ3) is 3.69. The molecule has 0 aromatic heterocycles. The van der Waals surface area contributed by atoms with Crippen molar-refractivity contribution < 1.29 is 4.79 Å². The topological polar surface area (TPSA) is 41.1 Å². The lowest BCUT2D eigenvalue weighted by molar-refractivity contribution is -0.119. The number of amides is 1. The molecule has 1 aromatic rings. The molecule has 1 atom stereocenters. The normalized spacial score (nSPS) is 19.4. The fourth-order valence-electron chi connectivity index (χ4n) is 1.88. The van der Waals surface area contributed by atoms with Crippen LogP contribution in [0.2, 0.25) is 5.02 Å². The van der Waals surface area contributed by atoms with E-state index in [9.17, 15) is 4.79 Å². The first kappa shape index (κ1) is 12.9. The van der Waals surface area contributed by atoms with Crippen LogP contribution in [0.5, 0.6) is 0 Å². The molecular formula is C12H14BrClN2O. The minimum absolute atomic E-state index is 0.157. The second-order valence-electron chi connectivity index (χ2n) is 4.17. The predicted molar refractivity (Wildman–Crippen MR) is 72.0 cm³/mol. The summed E-state index contributed by atoms with van der Waals surface area (Å²) in [5, 5.41) is 6.99. The van der Waals surface area contributed by atoms with Crippen molar-refractivity contribution in [3.8, 4) is 0 Å². The molecule has 3 nitrogen and oxygen atoms in total. The van der Waals surface area contributed by atoms with Crippen molar-refractivity contribution in [3.05, 3.63) is 33.3 Å². The number of hydrogen-bond donors (Lipinski definition) is 2. The Kier molecular flexibility index (Phi) is 4.42. The Labute approximate surface area is 114 Å². The lowest BCUT2D eigenvalue weighted by Crippen LogP contribution is -2.35. The molecule has 1 amide bonds. The van der Waals surface area contributed by atoms with Gasteiger partial charge in [0, 0.05) is 35.0 Å². The minimum Gasteiger partial charge on any atom is -0.352 e. The highest BCUT2D eigenvalue weighted by Crippen LogP contribution is 2.21. The summed E-state index contributed by atoms with van der Waals surface area (Å²) in [6.07, 6.45) is 1.57. The smallest absolute Gasteiger partial charge is 0.220 e. The lowest BCUT2D eigenvalue weighted by atomic mass is 10.2. The molecule has 0 bridgehead atoms. The van der Waals surface area contributed by atoms with Gasteiger partial charge >= 0.3 is 0 Å². The van der Waals surface area contributed by atoms with Crippen molar-refractivity contribution in [2.45, 2.75) is 25.4 Å². The van der Waals surface area contributed by atoms with Gasteiger partial charge in [-0.15, -0.1) is 0 Å². The maximum Gasteiger partial charge on any atom is 0.220 e. The first-order valence-electron chi connectivity index (χ1n) is 5.59. The quantitative estimate of drug-likeness (QED) is 0.896. The van der Waals surface area contributed by atoms with E-state index in [-0.39, 0.29) is 11.9 Å². The Bertz CT molecular complexity index is 425. The molecular weight excluding hydrogens is 304 g/mol. The molecule has 1 heterocycles. The van der Waals surface area contributed by atoms with E-state index in [0.29, 0.717) is 6.42 Å². The molecule has 0 radical (unpaired) electrons. The Morgan fingerprint density at radius 2 is 2.35 bits per heavy atom. The van der Waals surface area contributed by atoms with Crippen molar-refractivity contribution in [1.82, 2.24) is 10.6 Å². The standard InChI is InChI=1S/C12H14BrClN2O/c13-11-5-9(14)2-1-8(11)6-15-7-10-3-4-12(17)16-10/h1-2,5,10,15H,3-4,6-7H2,(H,16,17). The summed E-state index contributed by atoms with van der Waals surface area (Å²) in [5.74, 6) is 0.157. The highest BCUT2D eigenvalue weighted by atomic mass is 79.9. The van der Waals surface area contributed by atoms with Gasteiger partial charge in [-0.05, 0) is 24.1 Å². The van der Waals surface area contributed by atoms with Crippen molar-refractivity contribution in [2.75, 3.05) is 6.54 Å². The van der Waals surface area contributed by atoms with Gasteiger partial charge < -0.3 is 10.6 Å². The number of rotatable bonds is 4. The minimum atomic E-state index is 0.157. The average molecular weight is 318 g/mol. The van der Waals surface area contributed by atoms with Crippen LogP contribution in [0.3, 0.4) is 0 Å². The van der Waals surface area contributed by atoms with Gasteiger partial charge in [0.2, 0.25) is 5.91 Å². The number of hydrogen-bond acceptors (Lipinski definition) is 2. The third-order valence-electron chi connectivity index (χ3n) is 2.81. The van der Waals surface area contributed by atoms with Crippen LogP contribution in [0.1, 0.15) is 18.4 Å². The van der Waals surface area contributed by atoms with E-state index in [2.05, 4.69) is 26.6 Å². The van der Waals surface area contributed by atoms with Gasteiger partial charge in [0.1, 0.15) is 0 Å². The summed E-state index contributed by atoms with van der Waals surface area (Å²) in [6.45, 7) is 1.57. The largest absolute Gasteiger partial charge is 0.352 e. The van der Waals surface area contributed by atoms with Gasteiger partial charge in [-0.2, -0.15) is 0 Å². The van der Waals surface area contributed by atoms with Crippen molar-refractivity contribution >= 4 is 33.4 Å². The molecule has 0 saturated carbocycles. The van der Waals surface area contributed by atoms with E-state index in [4.69, 9.17) is 11.6 Å². The second kappa shape index (κ2) is 5.85. The molecule has 0 spiro atoms. The fourth-order valence-corrected chi connectivity index (χ4v) is 2.70. The number of nitrogens with one attached hydrogen (secondary N) is 2. The molecule has 0 aliphatic carbocycles. The van der Waals surface area contributed by atoms with Crippen LogP contribution in [-0.2, 0) is 11.3 Å². The Hall–Kier alpha value is -0.580. The SMILES string of the molecule is O=C1CCC(CNCc2ccc(Cl)cc2Br)N1. The number of carbonyl (C=O) groups excluding carboxylic acids is 1. The summed E-state index contributed by atoms with van der Waals surface area (Å²) >= 11 is 9.35. The van der Waals surface area contributed by atoms with E-state index in [0.717, 1.165) is 29.0 Å². The summed E-state index contributed by atoms with van der Waals surface area (Å²) in [5.41, 5.74) is 1.17. The molecule has 1 aliphatic rings. The molecule has 5 heteroatoms. The van der Waals surface area contributed by atoms with E-state index in [1.54, 1.807) is 0 Å². The van der Waals surface area contributed by atoms with Crippen LogP contribution in [0, 0.1) is 0 Å². The second-order valence-corrected chi connectivity index (χ2v) is 5.46. The van der Waals surface area contributed by atoms with Gasteiger partial charge in [-0.25, -0.2) is 0 Å². The zero-order chi connectivity index (χ0) is 12.3. The Balaban J connectivity index is 1.80. The molecule has 2 N–H and O–H groups in total. The van der Waals surface area contributed by atoms with Gasteiger partial charge in [0.15, 0.2) is 0 Å².